The molecule has 0 aliphatic carbocycles. The molecular formula is C11H15BrFN3O. The van der Waals surface area contributed by atoms with E-state index in [1.165, 1.54) is 12.3 Å². The summed E-state index contributed by atoms with van der Waals surface area (Å²) in [5.74, 6) is -0.459. The van der Waals surface area contributed by atoms with Crippen LogP contribution in [0.5, 0.6) is 0 Å². The Morgan fingerprint density at radius 2 is 2.18 bits per heavy atom. The quantitative estimate of drug-likeness (QED) is 0.907. The molecular weight excluding hydrogens is 289 g/mol. The SMILES string of the molecule is CCN(CC)C(=O)CNc1ncc(Br)cc1F. The number of anilines is 1. The van der Waals surface area contributed by atoms with Crippen LogP contribution in [-0.4, -0.2) is 35.4 Å². The summed E-state index contributed by atoms with van der Waals surface area (Å²) >= 11 is 3.12. The van der Waals surface area contributed by atoms with Crippen molar-refractivity contribution in [3.63, 3.8) is 0 Å². The van der Waals surface area contributed by atoms with Gasteiger partial charge in [-0.1, -0.05) is 0 Å². The molecule has 94 valence electrons. The molecule has 1 heterocycles. The van der Waals surface area contributed by atoms with Gasteiger partial charge in [0.15, 0.2) is 11.6 Å². The van der Waals surface area contributed by atoms with Gasteiger partial charge < -0.3 is 10.2 Å². The first kappa shape index (κ1) is 13.9. The maximum absolute atomic E-state index is 13.4. The highest BCUT2D eigenvalue weighted by atomic mass is 79.9. The number of likely N-dealkylation sites (N-methyl/N-ethyl adjacent to an activating group) is 1. The minimum absolute atomic E-state index is 0.0488. The molecule has 1 amide bonds. The van der Waals surface area contributed by atoms with Gasteiger partial charge in [0.1, 0.15) is 0 Å². The van der Waals surface area contributed by atoms with Crippen molar-refractivity contribution in [3.05, 3.63) is 22.6 Å². The van der Waals surface area contributed by atoms with Gasteiger partial charge >= 0.3 is 0 Å². The van der Waals surface area contributed by atoms with Crippen LogP contribution in [0.2, 0.25) is 0 Å². The van der Waals surface area contributed by atoms with Gasteiger partial charge in [0.2, 0.25) is 5.91 Å². The van der Waals surface area contributed by atoms with Crippen LogP contribution in [0.4, 0.5) is 10.2 Å². The molecule has 0 fully saturated rings. The highest BCUT2D eigenvalue weighted by Crippen LogP contribution is 2.15. The summed E-state index contributed by atoms with van der Waals surface area (Å²) < 4.78 is 14.0. The smallest absolute Gasteiger partial charge is 0.241 e. The normalized spacial score (nSPS) is 10.1. The van der Waals surface area contributed by atoms with Crippen molar-refractivity contribution >= 4 is 27.7 Å². The van der Waals surface area contributed by atoms with Crippen LogP contribution in [0.3, 0.4) is 0 Å². The zero-order chi connectivity index (χ0) is 12.8. The number of hydrogen-bond acceptors (Lipinski definition) is 3. The van der Waals surface area contributed by atoms with E-state index in [2.05, 4.69) is 26.2 Å². The van der Waals surface area contributed by atoms with Crippen LogP contribution >= 0.6 is 15.9 Å². The predicted octanol–water partition coefficient (Wildman–Crippen LogP) is 2.26. The van der Waals surface area contributed by atoms with E-state index in [0.717, 1.165) is 0 Å². The second-order valence-electron chi connectivity index (χ2n) is 3.40. The van der Waals surface area contributed by atoms with Crippen molar-refractivity contribution < 1.29 is 9.18 Å². The van der Waals surface area contributed by atoms with E-state index < -0.39 is 5.82 Å². The Balaban J connectivity index is 2.58. The van der Waals surface area contributed by atoms with Crippen molar-refractivity contribution in [1.82, 2.24) is 9.88 Å². The summed E-state index contributed by atoms with van der Waals surface area (Å²) in [5, 5.41) is 2.69. The third kappa shape index (κ3) is 3.96. The van der Waals surface area contributed by atoms with Crippen molar-refractivity contribution in [2.45, 2.75) is 13.8 Å². The van der Waals surface area contributed by atoms with Crippen LogP contribution in [0.15, 0.2) is 16.7 Å². The molecule has 0 aliphatic rings. The van der Waals surface area contributed by atoms with E-state index in [1.54, 1.807) is 4.90 Å². The largest absolute Gasteiger partial charge is 0.359 e. The van der Waals surface area contributed by atoms with Crippen LogP contribution in [0.1, 0.15) is 13.8 Å². The van der Waals surface area contributed by atoms with Crippen molar-refractivity contribution in [2.75, 3.05) is 25.0 Å². The van der Waals surface area contributed by atoms with Gasteiger partial charge in [-0.15, -0.1) is 0 Å². The van der Waals surface area contributed by atoms with E-state index >= 15 is 0 Å². The van der Waals surface area contributed by atoms with Crippen molar-refractivity contribution in [1.29, 1.82) is 0 Å². The predicted molar refractivity (Wildman–Crippen MR) is 68.3 cm³/mol. The number of nitrogens with zero attached hydrogens (tertiary/aromatic N) is 2. The lowest BCUT2D eigenvalue weighted by Crippen LogP contribution is -2.35. The summed E-state index contributed by atoms with van der Waals surface area (Å²) in [7, 11) is 0. The summed E-state index contributed by atoms with van der Waals surface area (Å²) in [5.41, 5.74) is 0. The molecule has 6 heteroatoms. The highest BCUT2D eigenvalue weighted by molar-refractivity contribution is 9.10. The molecule has 1 aromatic rings. The lowest BCUT2D eigenvalue weighted by Gasteiger charge is -2.18. The fourth-order valence-corrected chi connectivity index (χ4v) is 1.70. The van der Waals surface area contributed by atoms with Gasteiger partial charge in [0.05, 0.1) is 6.54 Å². The minimum Gasteiger partial charge on any atom is -0.359 e. The molecule has 0 atom stereocenters. The molecule has 0 saturated heterocycles. The van der Waals surface area contributed by atoms with E-state index in [0.29, 0.717) is 17.6 Å². The number of aromatic nitrogens is 1. The molecule has 0 spiro atoms. The van der Waals surface area contributed by atoms with Gasteiger partial charge in [-0.3, -0.25) is 4.79 Å². The molecule has 1 rings (SSSR count). The van der Waals surface area contributed by atoms with Gasteiger partial charge in [0.25, 0.3) is 0 Å². The summed E-state index contributed by atoms with van der Waals surface area (Å²) in [4.78, 5) is 17.2. The Hall–Kier alpha value is -1.17. The van der Waals surface area contributed by atoms with E-state index in [4.69, 9.17) is 0 Å². The Kier molecular flexibility index (Phi) is 5.34. The average molecular weight is 304 g/mol. The number of nitrogens with one attached hydrogen (secondary N) is 1. The Labute approximate surface area is 108 Å². The number of hydrogen-bond donors (Lipinski definition) is 1. The molecule has 4 nitrogen and oxygen atoms in total. The molecule has 0 bridgehead atoms. The third-order valence-corrected chi connectivity index (χ3v) is 2.76. The first-order valence-corrected chi connectivity index (χ1v) is 6.20. The molecule has 17 heavy (non-hydrogen) atoms. The van der Waals surface area contributed by atoms with Gasteiger partial charge in [-0.05, 0) is 35.8 Å². The van der Waals surface area contributed by atoms with Gasteiger partial charge in [-0.25, -0.2) is 9.37 Å². The fraction of sp³-hybridized carbons (Fsp3) is 0.455. The van der Waals surface area contributed by atoms with E-state index in [-0.39, 0.29) is 18.3 Å². The Morgan fingerprint density at radius 3 is 2.71 bits per heavy atom. The van der Waals surface area contributed by atoms with Crippen LogP contribution < -0.4 is 5.32 Å². The maximum Gasteiger partial charge on any atom is 0.241 e. The zero-order valence-corrected chi connectivity index (χ0v) is 11.4. The topological polar surface area (TPSA) is 45.2 Å². The number of amides is 1. The first-order valence-electron chi connectivity index (χ1n) is 5.41. The molecule has 1 N–H and O–H groups in total. The Morgan fingerprint density at radius 1 is 1.53 bits per heavy atom. The number of halogens is 2. The number of carbonyl (C=O) groups is 1. The first-order chi connectivity index (χ1) is 8.08. The summed E-state index contributed by atoms with van der Waals surface area (Å²) in [6.07, 6.45) is 1.48. The zero-order valence-electron chi connectivity index (χ0n) is 9.83. The lowest BCUT2D eigenvalue weighted by molar-refractivity contribution is -0.128. The average Bonchev–Trinajstić information content (AvgIpc) is 2.29. The molecule has 0 aromatic carbocycles. The standard InChI is InChI=1S/C11H15BrFN3O/c1-3-16(4-2)10(17)7-15-11-9(13)5-8(12)6-14-11/h5-6H,3-4,7H2,1-2H3,(H,14,15). The fourth-order valence-electron chi connectivity index (χ4n) is 1.39. The molecule has 0 radical (unpaired) electrons. The minimum atomic E-state index is -0.480. The second-order valence-corrected chi connectivity index (χ2v) is 4.32. The third-order valence-electron chi connectivity index (χ3n) is 2.33. The number of rotatable bonds is 5. The van der Waals surface area contributed by atoms with Gasteiger partial charge in [0, 0.05) is 23.8 Å². The molecule has 1 aromatic heterocycles. The van der Waals surface area contributed by atoms with E-state index in [9.17, 15) is 9.18 Å². The van der Waals surface area contributed by atoms with Crippen molar-refractivity contribution in [3.8, 4) is 0 Å². The maximum atomic E-state index is 13.4. The summed E-state index contributed by atoms with van der Waals surface area (Å²) in [6, 6.07) is 1.30. The molecule has 0 saturated carbocycles. The number of carbonyl (C=O) groups excluding carboxylic acids is 1. The number of pyridine rings is 1. The highest BCUT2D eigenvalue weighted by Gasteiger charge is 2.11. The lowest BCUT2D eigenvalue weighted by atomic mass is 10.4. The molecule has 0 unspecified atom stereocenters. The van der Waals surface area contributed by atoms with Gasteiger partial charge in [-0.2, -0.15) is 0 Å². The molecule has 0 aliphatic heterocycles. The van der Waals surface area contributed by atoms with Crippen molar-refractivity contribution in [2.24, 2.45) is 0 Å². The van der Waals surface area contributed by atoms with Crippen LogP contribution in [0.25, 0.3) is 0 Å². The Bertz CT molecular complexity index is 396. The van der Waals surface area contributed by atoms with Crippen LogP contribution in [0, 0.1) is 5.82 Å². The van der Waals surface area contributed by atoms with E-state index in [1.807, 2.05) is 13.8 Å². The summed E-state index contributed by atoms with van der Waals surface area (Å²) in [6.45, 7) is 5.15. The monoisotopic (exact) mass is 303 g/mol. The second kappa shape index (κ2) is 6.54. The van der Waals surface area contributed by atoms with Crippen LogP contribution in [-0.2, 0) is 4.79 Å².